The molecule has 0 saturated heterocycles. The van der Waals surface area contributed by atoms with E-state index in [0.717, 1.165) is 17.7 Å². The van der Waals surface area contributed by atoms with Crippen molar-refractivity contribution in [2.24, 2.45) is 0 Å². The number of hydrogen-bond donors (Lipinski definition) is 1. The lowest BCUT2D eigenvalue weighted by Crippen LogP contribution is -2.30. The molecule has 0 heterocycles. The first-order valence-corrected chi connectivity index (χ1v) is 7.48. The lowest BCUT2D eigenvalue weighted by atomic mass is 10.2. The standard InChI is InChI=1S/C17H25NO3/c1-5-13(4)18-17(19)11-9-14-8-10-15(20-6-2)16(12-14)21-7-3/h8-13H,5-7H2,1-4H3,(H,18,19)/b11-9+/t13-/m1/s1. The van der Waals surface area contributed by atoms with Crippen LogP contribution in [0.2, 0.25) is 0 Å². The number of hydrogen-bond acceptors (Lipinski definition) is 3. The average Bonchev–Trinajstić information content (AvgIpc) is 2.47. The molecule has 0 aliphatic carbocycles. The van der Waals surface area contributed by atoms with Crippen molar-refractivity contribution in [3.8, 4) is 11.5 Å². The van der Waals surface area contributed by atoms with Crippen molar-refractivity contribution < 1.29 is 14.3 Å². The molecule has 0 aliphatic heterocycles. The Morgan fingerprint density at radius 2 is 1.86 bits per heavy atom. The van der Waals surface area contributed by atoms with Crippen LogP contribution in [0.1, 0.15) is 39.7 Å². The van der Waals surface area contributed by atoms with Gasteiger partial charge in [-0.15, -0.1) is 0 Å². The third-order valence-corrected chi connectivity index (χ3v) is 3.00. The first-order chi connectivity index (χ1) is 10.1. The molecule has 21 heavy (non-hydrogen) atoms. The van der Waals surface area contributed by atoms with Gasteiger partial charge in [0.05, 0.1) is 13.2 Å². The van der Waals surface area contributed by atoms with Crippen LogP contribution in [-0.4, -0.2) is 25.2 Å². The monoisotopic (exact) mass is 291 g/mol. The van der Waals surface area contributed by atoms with Gasteiger partial charge in [0.1, 0.15) is 0 Å². The van der Waals surface area contributed by atoms with Crippen molar-refractivity contribution >= 4 is 12.0 Å². The van der Waals surface area contributed by atoms with Crippen molar-refractivity contribution in [3.05, 3.63) is 29.8 Å². The van der Waals surface area contributed by atoms with Crippen LogP contribution in [-0.2, 0) is 4.79 Å². The minimum atomic E-state index is -0.0869. The summed E-state index contributed by atoms with van der Waals surface area (Å²) in [5, 5.41) is 2.89. The summed E-state index contributed by atoms with van der Waals surface area (Å²) in [5.74, 6) is 1.33. The number of rotatable bonds is 8. The van der Waals surface area contributed by atoms with Gasteiger partial charge in [-0.2, -0.15) is 0 Å². The molecule has 116 valence electrons. The van der Waals surface area contributed by atoms with Gasteiger partial charge in [-0.3, -0.25) is 4.79 Å². The molecule has 0 aliphatic rings. The first kappa shape index (κ1) is 17.1. The molecule has 1 amide bonds. The summed E-state index contributed by atoms with van der Waals surface area (Å²) in [5.41, 5.74) is 0.904. The summed E-state index contributed by atoms with van der Waals surface area (Å²) in [4.78, 5) is 11.7. The van der Waals surface area contributed by atoms with E-state index in [2.05, 4.69) is 5.32 Å². The molecule has 1 atom stereocenters. The number of amides is 1. The summed E-state index contributed by atoms with van der Waals surface area (Å²) in [7, 11) is 0. The second-order valence-corrected chi connectivity index (χ2v) is 4.72. The molecule has 4 heteroatoms. The summed E-state index contributed by atoms with van der Waals surface area (Å²) >= 11 is 0. The normalized spacial score (nSPS) is 12.2. The van der Waals surface area contributed by atoms with Crippen LogP contribution in [0.25, 0.3) is 6.08 Å². The third-order valence-electron chi connectivity index (χ3n) is 3.00. The van der Waals surface area contributed by atoms with Gasteiger partial charge >= 0.3 is 0 Å². The van der Waals surface area contributed by atoms with Crippen molar-refractivity contribution in [2.75, 3.05) is 13.2 Å². The molecule has 0 fully saturated rings. The summed E-state index contributed by atoms with van der Waals surface area (Å²) in [6.45, 7) is 9.04. The van der Waals surface area contributed by atoms with E-state index >= 15 is 0 Å². The van der Waals surface area contributed by atoms with Crippen LogP contribution in [0, 0.1) is 0 Å². The maximum Gasteiger partial charge on any atom is 0.244 e. The average molecular weight is 291 g/mol. The maximum absolute atomic E-state index is 11.7. The quantitative estimate of drug-likeness (QED) is 0.747. The van der Waals surface area contributed by atoms with Crippen LogP contribution in [0.3, 0.4) is 0 Å². The Bertz CT molecular complexity index is 483. The Hall–Kier alpha value is -1.97. The molecule has 0 bridgehead atoms. The number of nitrogens with one attached hydrogen (secondary N) is 1. The fourth-order valence-corrected chi connectivity index (χ4v) is 1.74. The van der Waals surface area contributed by atoms with Crippen molar-refractivity contribution in [3.63, 3.8) is 0 Å². The molecular formula is C17H25NO3. The molecule has 0 spiro atoms. The van der Waals surface area contributed by atoms with Gasteiger partial charge in [0, 0.05) is 12.1 Å². The Morgan fingerprint density at radius 1 is 1.19 bits per heavy atom. The topological polar surface area (TPSA) is 47.6 Å². The van der Waals surface area contributed by atoms with Gasteiger partial charge in [-0.1, -0.05) is 13.0 Å². The zero-order valence-corrected chi connectivity index (χ0v) is 13.3. The largest absolute Gasteiger partial charge is 0.490 e. The van der Waals surface area contributed by atoms with Gasteiger partial charge in [-0.05, 0) is 51.0 Å². The van der Waals surface area contributed by atoms with E-state index in [0.29, 0.717) is 19.0 Å². The van der Waals surface area contributed by atoms with Crippen molar-refractivity contribution in [1.29, 1.82) is 0 Å². The summed E-state index contributed by atoms with van der Waals surface area (Å²) < 4.78 is 11.1. The molecule has 1 rings (SSSR count). The second kappa shape index (κ2) is 9.06. The smallest absolute Gasteiger partial charge is 0.244 e. The molecule has 4 nitrogen and oxygen atoms in total. The van der Waals surface area contributed by atoms with E-state index in [1.807, 2.05) is 45.9 Å². The van der Waals surface area contributed by atoms with Crippen molar-refractivity contribution in [2.45, 2.75) is 40.2 Å². The van der Waals surface area contributed by atoms with Crippen LogP contribution < -0.4 is 14.8 Å². The minimum absolute atomic E-state index is 0.0869. The van der Waals surface area contributed by atoms with E-state index in [9.17, 15) is 4.79 Å². The van der Waals surface area contributed by atoms with Crippen LogP contribution in [0.15, 0.2) is 24.3 Å². The van der Waals surface area contributed by atoms with Gasteiger partial charge < -0.3 is 14.8 Å². The third kappa shape index (κ3) is 5.90. The Balaban J connectivity index is 2.79. The van der Waals surface area contributed by atoms with Crippen LogP contribution >= 0.6 is 0 Å². The minimum Gasteiger partial charge on any atom is -0.490 e. The van der Waals surface area contributed by atoms with Crippen LogP contribution in [0.5, 0.6) is 11.5 Å². The Kier molecular flexibility index (Phi) is 7.37. The summed E-state index contributed by atoms with van der Waals surface area (Å²) in [6, 6.07) is 5.82. The lowest BCUT2D eigenvalue weighted by Gasteiger charge is -2.11. The number of ether oxygens (including phenoxy) is 2. The van der Waals surface area contributed by atoms with E-state index in [4.69, 9.17) is 9.47 Å². The highest BCUT2D eigenvalue weighted by Crippen LogP contribution is 2.28. The highest BCUT2D eigenvalue weighted by Gasteiger charge is 2.05. The van der Waals surface area contributed by atoms with Gasteiger partial charge in [0.15, 0.2) is 11.5 Å². The molecule has 0 unspecified atom stereocenters. The number of carbonyl (C=O) groups is 1. The predicted molar refractivity (Wildman–Crippen MR) is 85.7 cm³/mol. The molecule has 1 N–H and O–H groups in total. The van der Waals surface area contributed by atoms with Gasteiger partial charge in [-0.25, -0.2) is 0 Å². The van der Waals surface area contributed by atoms with Crippen molar-refractivity contribution in [1.82, 2.24) is 5.32 Å². The predicted octanol–water partition coefficient (Wildman–Crippen LogP) is 3.41. The molecule has 0 saturated carbocycles. The van der Waals surface area contributed by atoms with Gasteiger partial charge in [0.25, 0.3) is 0 Å². The molecule has 0 radical (unpaired) electrons. The first-order valence-electron chi connectivity index (χ1n) is 7.48. The SMILES string of the molecule is CCOc1ccc(/C=C/C(=O)N[C@H](C)CC)cc1OCC. The molecule has 1 aromatic rings. The fourth-order valence-electron chi connectivity index (χ4n) is 1.74. The molecule has 0 aromatic heterocycles. The lowest BCUT2D eigenvalue weighted by molar-refractivity contribution is -0.117. The molecule has 1 aromatic carbocycles. The van der Waals surface area contributed by atoms with E-state index in [1.54, 1.807) is 6.08 Å². The Labute approximate surface area is 127 Å². The van der Waals surface area contributed by atoms with E-state index in [-0.39, 0.29) is 11.9 Å². The number of benzene rings is 1. The van der Waals surface area contributed by atoms with Gasteiger partial charge in [0.2, 0.25) is 5.91 Å². The second-order valence-electron chi connectivity index (χ2n) is 4.72. The number of carbonyl (C=O) groups excluding carboxylic acids is 1. The molecular weight excluding hydrogens is 266 g/mol. The fraction of sp³-hybridized carbons (Fsp3) is 0.471. The van der Waals surface area contributed by atoms with E-state index < -0.39 is 0 Å². The Morgan fingerprint density at radius 3 is 2.48 bits per heavy atom. The zero-order chi connectivity index (χ0) is 15.7. The zero-order valence-electron chi connectivity index (χ0n) is 13.3. The highest BCUT2D eigenvalue weighted by atomic mass is 16.5. The highest BCUT2D eigenvalue weighted by molar-refractivity contribution is 5.91. The van der Waals surface area contributed by atoms with Crippen LogP contribution in [0.4, 0.5) is 0 Å². The summed E-state index contributed by atoms with van der Waals surface area (Å²) in [6.07, 6.45) is 4.23. The van der Waals surface area contributed by atoms with E-state index in [1.165, 1.54) is 6.08 Å². The maximum atomic E-state index is 11.7.